The Kier molecular flexibility index (Phi) is 5.52. The molecule has 29 heavy (non-hydrogen) atoms. The molecule has 0 unspecified atom stereocenters. The first-order chi connectivity index (χ1) is 14.0. The molecule has 6 heteroatoms. The number of H-pyrrole nitrogens is 1. The van der Waals surface area contributed by atoms with E-state index < -0.39 is 0 Å². The lowest BCUT2D eigenvalue weighted by Gasteiger charge is -2.06. The first-order valence-corrected chi connectivity index (χ1v) is 11.2. The van der Waals surface area contributed by atoms with Gasteiger partial charge in [-0.15, -0.1) is 11.3 Å². The number of aromatic nitrogens is 2. The Bertz CT molecular complexity index is 1260. The van der Waals surface area contributed by atoms with E-state index in [1.807, 2.05) is 23.6 Å². The number of hydrogen-bond donors (Lipinski definition) is 1. The van der Waals surface area contributed by atoms with Crippen molar-refractivity contribution in [3.05, 3.63) is 81.0 Å². The molecule has 4 rings (SSSR count). The molecule has 4 aromatic rings. The molecule has 0 aliphatic heterocycles. The third-order valence-electron chi connectivity index (χ3n) is 4.74. The average molecular weight is 418 g/mol. The van der Waals surface area contributed by atoms with Crippen LogP contribution in [-0.2, 0) is 5.75 Å². The Morgan fingerprint density at radius 2 is 2.00 bits per heavy atom. The van der Waals surface area contributed by atoms with Gasteiger partial charge in [0.1, 0.15) is 4.83 Å². The number of nitrogens with one attached hydrogen (secondary N) is 1. The summed E-state index contributed by atoms with van der Waals surface area (Å²) in [5.41, 5.74) is 4.77. The minimum Gasteiger partial charge on any atom is -0.301 e. The van der Waals surface area contributed by atoms with Gasteiger partial charge in [0.25, 0.3) is 5.56 Å². The Morgan fingerprint density at radius 3 is 2.72 bits per heavy atom. The van der Waals surface area contributed by atoms with Crippen molar-refractivity contribution in [1.29, 1.82) is 5.26 Å². The summed E-state index contributed by atoms with van der Waals surface area (Å²) < 4.78 is 0. The Labute approximate surface area is 177 Å². The van der Waals surface area contributed by atoms with Crippen molar-refractivity contribution in [2.24, 2.45) is 0 Å². The molecule has 0 saturated carbocycles. The van der Waals surface area contributed by atoms with Gasteiger partial charge in [-0.25, -0.2) is 4.98 Å². The van der Waals surface area contributed by atoms with E-state index in [2.05, 4.69) is 54.2 Å². The highest BCUT2D eigenvalue weighted by atomic mass is 32.2. The van der Waals surface area contributed by atoms with Crippen LogP contribution in [0.2, 0.25) is 0 Å². The zero-order valence-corrected chi connectivity index (χ0v) is 17.7. The molecule has 0 bridgehead atoms. The fraction of sp³-hybridized carbons (Fsp3) is 0.174. The van der Waals surface area contributed by atoms with Crippen molar-refractivity contribution in [2.45, 2.75) is 30.7 Å². The van der Waals surface area contributed by atoms with Gasteiger partial charge in [-0.3, -0.25) is 4.79 Å². The van der Waals surface area contributed by atoms with E-state index in [4.69, 9.17) is 5.26 Å². The predicted molar refractivity (Wildman–Crippen MR) is 120 cm³/mol. The molecule has 0 saturated heterocycles. The molecule has 144 valence electrons. The van der Waals surface area contributed by atoms with Crippen LogP contribution in [0.5, 0.6) is 0 Å². The maximum absolute atomic E-state index is 12.8. The SMILES string of the molecule is CC(C)c1ccc(-c2csc3nc(SCc4cccc(C#N)c4)[nH]c(=O)c23)cc1. The second-order valence-electron chi connectivity index (χ2n) is 7.08. The Morgan fingerprint density at radius 1 is 1.21 bits per heavy atom. The standard InChI is InChI=1S/C23H19N3OS2/c1-14(2)17-6-8-18(9-7-17)19-13-28-22-20(19)21(27)25-23(26-22)29-12-16-5-3-4-15(10-16)11-24/h3-10,13-14H,12H2,1-2H3,(H,25,26,27). The van der Waals surface area contributed by atoms with Crippen LogP contribution < -0.4 is 5.56 Å². The number of aromatic amines is 1. The third kappa shape index (κ3) is 4.12. The molecule has 4 nitrogen and oxygen atoms in total. The van der Waals surface area contributed by atoms with Crippen molar-refractivity contribution in [3.63, 3.8) is 0 Å². The van der Waals surface area contributed by atoms with Crippen LogP contribution in [0.4, 0.5) is 0 Å². The molecule has 0 aliphatic rings. The van der Waals surface area contributed by atoms with Crippen LogP contribution in [0.1, 0.15) is 36.5 Å². The quantitative estimate of drug-likeness (QED) is 0.322. The number of rotatable bonds is 5. The molecule has 0 atom stereocenters. The van der Waals surface area contributed by atoms with Crippen LogP contribution in [0.25, 0.3) is 21.3 Å². The molecule has 2 aromatic heterocycles. The first kappa shape index (κ1) is 19.4. The molecule has 0 amide bonds. The van der Waals surface area contributed by atoms with E-state index in [9.17, 15) is 4.79 Å². The van der Waals surface area contributed by atoms with Crippen LogP contribution in [0.15, 0.2) is 63.9 Å². The lowest BCUT2D eigenvalue weighted by molar-refractivity contribution is 0.867. The number of thiophene rings is 1. The van der Waals surface area contributed by atoms with Crippen molar-refractivity contribution in [3.8, 4) is 17.2 Å². The second kappa shape index (κ2) is 8.24. The van der Waals surface area contributed by atoms with Gasteiger partial charge in [-0.2, -0.15) is 5.26 Å². The summed E-state index contributed by atoms with van der Waals surface area (Å²) in [5, 5.41) is 12.3. The maximum Gasteiger partial charge on any atom is 0.260 e. The van der Waals surface area contributed by atoms with E-state index in [-0.39, 0.29) is 5.56 Å². The number of nitriles is 1. The van der Waals surface area contributed by atoms with Crippen molar-refractivity contribution in [2.75, 3.05) is 0 Å². The summed E-state index contributed by atoms with van der Waals surface area (Å²) in [5.74, 6) is 1.11. The highest BCUT2D eigenvalue weighted by Gasteiger charge is 2.13. The highest BCUT2D eigenvalue weighted by molar-refractivity contribution is 7.98. The Balaban J connectivity index is 1.62. The molecular formula is C23H19N3OS2. The fourth-order valence-corrected chi connectivity index (χ4v) is 4.95. The van der Waals surface area contributed by atoms with Gasteiger partial charge in [-0.05, 0) is 34.7 Å². The van der Waals surface area contributed by atoms with Gasteiger partial charge in [0, 0.05) is 16.7 Å². The average Bonchev–Trinajstić information content (AvgIpc) is 3.17. The summed E-state index contributed by atoms with van der Waals surface area (Å²) >= 11 is 2.95. The lowest BCUT2D eigenvalue weighted by Crippen LogP contribution is -2.08. The van der Waals surface area contributed by atoms with Crippen molar-refractivity contribution >= 4 is 33.3 Å². The van der Waals surface area contributed by atoms with Gasteiger partial charge in [-0.1, -0.05) is 62.0 Å². The second-order valence-corrected chi connectivity index (χ2v) is 8.90. The minimum absolute atomic E-state index is 0.118. The van der Waals surface area contributed by atoms with Crippen LogP contribution in [-0.4, -0.2) is 9.97 Å². The Hall–Kier alpha value is -2.88. The number of benzene rings is 2. The normalized spacial score (nSPS) is 11.1. The summed E-state index contributed by atoms with van der Waals surface area (Å²) in [6.45, 7) is 4.33. The van der Waals surface area contributed by atoms with E-state index in [1.165, 1.54) is 28.7 Å². The third-order valence-corrected chi connectivity index (χ3v) is 6.56. The van der Waals surface area contributed by atoms with Crippen LogP contribution in [0.3, 0.4) is 0 Å². The van der Waals surface area contributed by atoms with Crippen LogP contribution in [0, 0.1) is 11.3 Å². The van der Waals surface area contributed by atoms with E-state index in [0.29, 0.717) is 27.8 Å². The molecule has 2 aromatic carbocycles. The van der Waals surface area contributed by atoms with Crippen molar-refractivity contribution in [1.82, 2.24) is 9.97 Å². The largest absolute Gasteiger partial charge is 0.301 e. The summed E-state index contributed by atoms with van der Waals surface area (Å²) in [7, 11) is 0. The molecule has 0 aliphatic carbocycles. The van der Waals surface area contributed by atoms with E-state index in [1.54, 1.807) is 6.07 Å². The zero-order chi connectivity index (χ0) is 20.4. The van der Waals surface area contributed by atoms with Gasteiger partial charge < -0.3 is 4.98 Å². The monoisotopic (exact) mass is 417 g/mol. The van der Waals surface area contributed by atoms with E-state index in [0.717, 1.165) is 21.5 Å². The van der Waals surface area contributed by atoms with Crippen molar-refractivity contribution < 1.29 is 0 Å². The molecular weight excluding hydrogens is 398 g/mol. The van der Waals surface area contributed by atoms with E-state index >= 15 is 0 Å². The van der Waals surface area contributed by atoms with Gasteiger partial charge >= 0.3 is 0 Å². The molecule has 2 heterocycles. The van der Waals surface area contributed by atoms with Crippen LogP contribution >= 0.6 is 23.1 Å². The van der Waals surface area contributed by atoms with Gasteiger partial charge in [0.15, 0.2) is 5.16 Å². The topological polar surface area (TPSA) is 69.5 Å². The summed E-state index contributed by atoms with van der Waals surface area (Å²) in [6, 6.07) is 18.0. The number of thioether (sulfide) groups is 1. The first-order valence-electron chi connectivity index (χ1n) is 9.29. The number of nitrogens with zero attached hydrogens (tertiary/aromatic N) is 2. The fourth-order valence-electron chi connectivity index (χ4n) is 3.14. The van der Waals surface area contributed by atoms with Gasteiger partial charge in [0.05, 0.1) is 17.0 Å². The van der Waals surface area contributed by atoms with Gasteiger partial charge in [0.2, 0.25) is 0 Å². The number of hydrogen-bond acceptors (Lipinski definition) is 5. The maximum atomic E-state index is 12.8. The molecule has 0 spiro atoms. The summed E-state index contributed by atoms with van der Waals surface area (Å²) in [6.07, 6.45) is 0. The molecule has 1 N–H and O–H groups in total. The smallest absolute Gasteiger partial charge is 0.260 e. The zero-order valence-electron chi connectivity index (χ0n) is 16.1. The summed E-state index contributed by atoms with van der Waals surface area (Å²) in [4.78, 5) is 21.1. The molecule has 0 radical (unpaired) electrons. The molecule has 0 fully saturated rings. The highest BCUT2D eigenvalue weighted by Crippen LogP contribution is 2.32. The predicted octanol–water partition coefficient (Wildman–Crippen LogP) is 5.94. The lowest BCUT2D eigenvalue weighted by atomic mass is 9.99. The minimum atomic E-state index is -0.118. The number of fused-ring (bicyclic) bond motifs is 1.